The second-order valence-corrected chi connectivity index (χ2v) is 4.52. The molecule has 0 unspecified atom stereocenters. The van der Waals surface area contributed by atoms with Crippen molar-refractivity contribution in [2.75, 3.05) is 0 Å². The molecule has 0 saturated heterocycles. The number of hydrogen-bond donors (Lipinski definition) is 1. The molecule has 0 spiro atoms. The fourth-order valence-corrected chi connectivity index (χ4v) is 2.22. The quantitative estimate of drug-likeness (QED) is 0.722. The van der Waals surface area contributed by atoms with Crippen molar-refractivity contribution in [3.63, 3.8) is 0 Å². The highest BCUT2D eigenvalue weighted by Gasteiger charge is 2.31. The summed E-state index contributed by atoms with van der Waals surface area (Å²) in [6.45, 7) is 0. The summed E-state index contributed by atoms with van der Waals surface area (Å²) >= 11 is 6.03. The highest BCUT2D eigenvalue weighted by molar-refractivity contribution is 6.35. The van der Waals surface area contributed by atoms with Gasteiger partial charge in [-0.15, -0.1) is 13.2 Å². The number of halogens is 4. The lowest BCUT2D eigenvalue weighted by Gasteiger charge is -2.09. The maximum atomic E-state index is 12.1. The molecule has 0 fully saturated rings. The van der Waals surface area contributed by atoms with Crippen LogP contribution in [0, 0.1) is 0 Å². The van der Waals surface area contributed by atoms with Gasteiger partial charge in [0.25, 0.3) is 0 Å². The lowest BCUT2D eigenvalue weighted by atomic mass is 10.1. The summed E-state index contributed by atoms with van der Waals surface area (Å²) in [5.41, 5.74) is 1.93. The number of alkyl halides is 3. The molecular weight excluding hydrogens is 307 g/mol. The Morgan fingerprint density at radius 1 is 1.10 bits per heavy atom. The monoisotopic (exact) mass is 313 g/mol. The van der Waals surface area contributed by atoms with Crippen LogP contribution >= 0.6 is 11.6 Å². The minimum absolute atomic E-state index is 0.270. The summed E-state index contributed by atoms with van der Waals surface area (Å²) in [5, 5.41) is 0.885. The average molecular weight is 314 g/mol. The number of nitrogens with one attached hydrogen (secondary N) is 1. The predicted octanol–water partition coefficient (Wildman–Crippen LogP) is 4.18. The van der Waals surface area contributed by atoms with E-state index in [2.05, 4.69) is 19.7 Å². The van der Waals surface area contributed by atoms with Gasteiger partial charge in [0.1, 0.15) is 22.9 Å². The fraction of sp³-hybridized carbons (Fsp3) is 0.0769. The molecule has 2 aromatic heterocycles. The van der Waals surface area contributed by atoms with Gasteiger partial charge in [0.2, 0.25) is 0 Å². The van der Waals surface area contributed by atoms with Crippen LogP contribution in [0.4, 0.5) is 13.2 Å². The minimum Gasteiger partial charge on any atom is -0.406 e. The van der Waals surface area contributed by atoms with Crippen LogP contribution in [0.5, 0.6) is 5.75 Å². The molecule has 4 nitrogen and oxygen atoms in total. The fourth-order valence-electron chi connectivity index (χ4n) is 1.99. The number of ether oxygens (including phenoxy) is 1. The number of fused-ring (bicyclic) bond motifs is 1. The van der Waals surface area contributed by atoms with Crippen LogP contribution in [0.2, 0.25) is 5.15 Å². The van der Waals surface area contributed by atoms with Crippen LogP contribution in [0.25, 0.3) is 22.2 Å². The van der Waals surface area contributed by atoms with Crippen LogP contribution in [0.15, 0.2) is 36.8 Å². The first kappa shape index (κ1) is 13.7. The zero-order chi connectivity index (χ0) is 15.0. The van der Waals surface area contributed by atoms with Crippen molar-refractivity contribution in [2.24, 2.45) is 0 Å². The molecule has 0 bridgehead atoms. The summed E-state index contributed by atoms with van der Waals surface area (Å²) in [7, 11) is 0. The van der Waals surface area contributed by atoms with Crippen LogP contribution in [-0.4, -0.2) is 21.3 Å². The number of hydrogen-bond acceptors (Lipinski definition) is 3. The average Bonchev–Trinajstić information content (AvgIpc) is 2.83. The Balaban J connectivity index is 2.00. The smallest absolute Gasteiger partial charge is 0.406 e. The maximum Gasteiger partial charge on any atom is 0.573 e. The van der Waals surface area contributed by atoms with E-state index in [0.717, 1.165) is 0 Å². The number of benzene rings is 1. The molecule has 0 amide bonds. The largest absolute Gasteiger partial charge is 0.573 e. The number of aromatic amines is 1. The van der Waals surface area contributed by atoms with Crippen molar-refractivity contribution < 1.29 is 17.9 Å². The lowest BCUT2D eigenvalue weighted by Crippen LogP contribution is -2.16. The van der Waals surface area contributed by atoms with E-state index in [1.165, 1.54) is 30.6 Å². The molecule has 108 valence electrons. The molecule has 3 aromatic rings. The molecule has 2 heterocycles. The van der Waals surface area contributed by atoms with Crippen molar-refractivity contribution in [3.8, 4) is 16.9 Å². The van der Waals surface area contributed by atoms with Gasteiger partial charge in [0.15, 0.2) is 0 Å². The Morgan fingerprint density at radius 2 is 1.81 bits per heavy atom. The normalized spacial score (nSPS) is 11.8. The lowest BCUT2D eigenvalue weighted by molar-refractivity contribution is -0.274. The van der Waals surface area contributed by atoms with Crippen molar-refractivity contribution in [3.05, 3.63) is 41.9 Å². The van der Waals surface area contributed by atoms with E-state index >= 15 is 0 Å². The molecule has 1 N–H and O–H groups in total. The van der Waals surface area contributed by atoms with Gasteiger partial charge in [-0.2, -0.15) is 0 Å². The Bertz CT molecular complexity index is 783. The van der Waals surface area contributed by atoms with Gasteiger partial charge in [-0.3, -0.25) is 0 Å². The van der Waals surface area contributed by atoms with Gasteiger partial charge in [-0.1, -0.05) is 23.7 Å². The molecule has 3 rings (SSSR count). The Hall–Kier alpha value is -2.28. The molecule has 0 radical (unpaired) electrons. The predicted molar refractivity (Wildman–Crippen MR) is 71.0 cm³/mol. The third-order valence-electron chi connectivity index (χ3n) is 2.82. The van der Waals surface area contributed by atoms with E-state index in [-0.39, 0.29) is 10.9 Å². The van der Waals surface area contributed by atoms with E-state index in [1.54, 1.807) is 6.20 Å². The van der Waals surface area contributed by atoms with Crippen LogP contribution < -0.4 is 4.74 Å². The Kier molecular flexibility index (Phi) is 3.21. The molecule has 0 aliphatic heterocycles. The molecule has 0 aliphatic carbocycles. The standard InChI is InChI=1S/C13H7ClF3N3O/c14-11-10-9(5-18-12(10)20-6-19-11)7-1-3-8(4-2-7)21-13(15,16)17/h1-6H,(H,18,19,20). The van der Waals surface area contributed by atoms with Crippen LogP contribution in [0.1, 0.15) is 0 Å². The first-order valence-electron chi connectivity index (χ1n) is 5.78. The molecule has 21 heavy (non-hydrogen) atoms. The van der Waals surface area contributed by atoms with E-state index < -0.39 is 6.36 Å². The minimum atomic E-state index is -4.71. The Morgan fingerprint density at radius 3 is 2.48 bits per heavy atom. The number of nitrogens with zero attached hydrogens (tertiary/aromatic N) is 2. The van der Waals surface area contributed by atoms with Gasteiger partial charge < -0.3 is 9.72 Å². The topological polar surface area (TPSA) is 50.8 Å². The molecule has 8 heteroatoms. The van der Waals surface area contributed by atoms with E-state index in [4.69, 9.17) is 11.6 Å². The van der Waals surface area contributed by atoms with Gasteiger partial charge >= 0.3 is 6.36 Å². The maximum absolute atomic E-state index is 12.1. The van der Waals surface area contributed by atoms with Crippen LogP contribution in [-0.2, 0) is 0 Å². The second-order valence-electron chi connectivity index (χ2n) is 4.16. The van der Waals surface area contributed by atoms with Crippen molar-refractivity contribution >= 4 is 22.6 Å². The third kappa shape index (κ3) is 2.78. The summed E-state index contributed by atoms with van der Waals surface area (Å²) < 4.78 is 40.2. The zero-order valence-corrected chi connectivity index (χ0v) is 11.0. The molecule has 0 saturated carbocycles. The van der Waals surface area contributed by atoms with Gasteiger partial charge in [-0.25, -0.2) is 9.97 Å². The molecule has 0 aliphatic rings. The zero-order valence-electron chi connectivity index (χ0n) is 10.3. The van der Waals surface area contributed by atoms with Crippen molar-refractivity contribution in [1.82, 2.24) is 15.0 Å². The van der Waals surface area contributed by atoms with Crippen LogP contribution in [0.3, 0.4) is 0 Å². The summed E-state index contributed by atoms with van der Waals surface area (Å²) in [5.74, 6) is -0.284. The first-order chi connectivity index (χ1) is 9.94. The summed E-state index contributed by atoms with van der Waals surface area (Å²) in [6, 6.07) is 5.48. The number of H-pyrrole nitrogens is 1. The number of aromatic nitrogens is 3. The van der Waals surface area contributed by atoms with E-state index in [9.17, 15) is 13.2 Å². The Labute approximate surface area is 121 Å². The van der Waals surface area contributed by atoms with Gasteiger partial charge in [-0.05, 0) is 17.7 Å². The third-order valence-corrected chi connectivity index (χ3v) is 3.11. The van der Waals surface area contributed by atoms with E-state index in [0.29, 0.717) is 22.2 Å². The summed E-state index contributed by atoms with van der Waals surface area (Å²) in [4.78, 5) is 10.9. The van der Waals surface area contributed by atoms with Gasteiger partial charge in [0.05, 0.1) is 5.39 Å². The highest BCUT2D eigenvalue weighted by atomic mass is 35.5. The first-order valence-corrected chi connectivity index (χ1v) is 6.15. The van der Waals surface area contributed by atoms with Crippen molar-refractivity contribution in [2.45, 2.75) is 6.36 Å². The summed E-state index contributed by atoms with van der Waals surface area (Å²) in [6.07, 6.45) is -1.71. The SMILES string of the molecule is FC(F)(F)Oc1ccc(-c2c[nH]c3ncnc(Cl)c23)cc1. The van der Waals surface area contributed by atoms with E-state index in [1.807, 2.05) is 0 Å². The molecule has 0 atom stereocenters. The second kappa shape index (κ2) is 4.92. The van der Waals surface area contributed by atoms with Crippen molar-refractivity contribution in [1.29, 1.82) is 0 Å². The molecular formula is C13H7ClF3N3O. The van der Waals surface area contributed by atoms with Gasteiger partial charge in [0, 0.05) is 11.8 Å². The number of rotatable bonds is 2. The molecule has 1 aromatic carbocycles. The highest BCUT2D eigenvalue weighted by Crippen LogP contribution is 2.33.